The fraction of sp³-hybridized carbons (Fsp3) is 0.457. The van der Waals surface area contributed by atoms with Gasteiger partial charge >= 0.3 is 0 Å². The molecule has 9 aliphatic rings. The van der Waals surface area contributed by atoms with Gasteiger partial charge in [0.2, 0.25) is 0 Å². The van der Waals surface area contributed by atoms with Gasteiger partial charge in [0.25, 0.3) is 0 Å². The lowest BCUT2D eigenvalue weighted by Crippen LogP contribution is -2.57. The Morgan fingerprint density at radius 2 is 0.819 bits per heavy atom. The van der Waals surface area contributed by atoms with Crippen molar-refractivity contribution in [1.82, 2.24) is 0 Å². The topological polar surface area (TPSA) is 158 Å². The zero-order chi connectivity index (χ0) is 67.1. The molecule has 0 radical (unpaired) electrons. The Balaban J connectivity index is 0.000000128. The van der Waals surface area contributed by atoms with Gasteiger partial charge in [-0.15, -0.1) is 0 Å². The lowest BCUT2D eigenvalue weighted by Gasteiger charge is -2.51. The summed E-state index contributed by atoms with van der Waals surface area (Å²) < 4.78 is 206. The molecule has 0 N–H and O–H groups in total. The summed E-state index contributed by atoms with van der Waals surface area (Å²) in [4.78, 5) is 0.0982. The standard InChI is InChI=1S/C25H25ClF2O4S.C23H23ClF2O4S.C22H21ClF2O4S/c1-13(2)21-14(3)32-20-10-11-25(33(29,30)16-6-4-15(26)5-7-16)17(22(20)21)12-31-24-19(28)9-8-18(27)23(24)25;1-12-13(2)30-19-9-10-23(31(27,28)15-5-3-14(24)4-6-15)16(20(12)19)11-29-22-18(26)8-7-17(25)21(22)23;1-12-10-15-16-11-28-21-18(25)7-6-17(24)20(21)22(16,9-8-19(15)29-12)30(26,27)14-4-2-13(23)3-5-14/h4-9,13,17,20-22H,3,10-12H2,1-2H3;3-8,12-13,16,19-20H,9-11H2,1-2H3;2-7,12,15-16,19H,8-11H2,1H3/t17-,20+,21-,22-,25-;12-,13?,16-,19+,20-,23-;12?,15-,16-,19+,22-/m000/s1. The van der Waals surface area contributed by atoms with Crippen molar-refractivity contribution >= 4 is 64.3 Å². The van der Waals surface area contributed by atoms with E-state index >= 15 is 13.2 Å². The van der Waals surface area contributed by atoms with E-state index in [1.165, 1.54) is 72.8 Å². The van der Waals surface area contributed by atoms with Crippen LogP contribution in [0, 0.1) is 88.2 Å². The molecule has 6 aromatic rings. The molecule has 12 nitrogen and oxygen atoms in total. The predicted molar refractivity (Wildman–Crippen MR) is 340 cm³/mol. The number of benzene rings is 6. The van der Waals surface area contributed by atoms with Crippen molar-refractivity contribution in [3.8, 4) is 17.2 Å². The summed E-state index contributed by atoms with van der Waals surface area (Å²) >= 11 is 17.9. The van der Waals surface area contributed by atoms with Crippen molar-refractivity contribution in [2.45, 2.75) is 139 Å². The summed E-state index contributed by atoms with van der Waals surface area (Å²) in [6.07, 6.45) is 1.71. The number of allylic oxidation sites excluding steroid dienone is 1. The molecule has 0 bridgehead atoms. The highest BCUT2D eigenvalue weighted by molar-refractivity contribution is 7.93. The average Bonchev–Trinajstić information content (AvgIpc) is 1.08. The van der Waals surface area contributed by atoms with E-state index in [1.54, 1.807) is 0 Å². The predicted octanol–water partition coefficient (Wildman–Crippen LogP) is 15.9. The average molecular weight is 1420 g/mol. The largest absolute Gasteiger partial charge is 0.495 e. The Hall–Kier alpha value is -5.52. The summed E-state index contributed by atoms with van der Waals surface area (Å²) in [5.41, 5.74) is -0.595. The molecule has 0 aromatic heterocycles. The Morgan fingerprint density at radius 1 is 0.468 bits per heavy atom. The zero-order valence-corrected chi connectivity index (χ0v) is 56.5. The van der Waals surface area contributed by atoms with E-state index in [0.29, 0.717) is 46.5 Å². The smallest absolute Gasteiger partial charge is 0.188 e. The van der Waals surface area contributed by atoms with Gasteiger partial charge in [-0.25, -0.2) is 51.6 Å². The van der Waals surface area contributed by atoms with Crippen LogP contribution < -0.4 is 14.2 Å². The first kappa shape index (κ1) is 67.1. The summed E-state index contributed by atoms with van der Waals surface area (Å²) in [5.74, 6) is -7.15. The van der Waals surface area contributed by atoms with Crippen molar-refractivity contribution in [3.05, 3.63) is 188 Å². The monoisotopic (exact) mass is 1420 g/mol. The van der Waals surface area contributed by atoms with E-state index in [4.69, 9.17) is 63.2 Å². The molecule has 15 rings (SSSR count). The first-order valence-corrected chi connectivity index (χ1v) is 37.1. The van der Waals surface area contributed by atoms with Crippen molar-refractivity contribution in [1.29, 1.82) is 0 Å². The summed E-state index contributed by atoms with van der Waals surface area (Å²) in [6.45, 7) is 14.0. The highest BCUT2D eigenvalue weighted by atomic mass is 35.5. The molecule has 0 amide bonds. The minimum absolute atomic E-state index is 0.00254. The maximum Gasteiger partial charge on any atom is 0.188 e. The van der Waals surface area contributed by atoms with E-state index in [0.717, 1.165) is 36.4 Å². The van der Waals surface area contributed by atoms with Gasteiger partial charge in [0.1, 0.15) is 37.8 Å². The molecule has 2 unspecified atom stereocenters. The van der Waals surface area contributed by atoms with Gasteiger partial charge in [-0.1, -0.05) is 62.2 Å². The Kier molecular flexibility index (Phi) is 17.5. The third-order valence-electron chi connectivity index (χ3n) is 22.0. The van der Waals surface area contributed by atoms with E-state index in [-0.39, 0.29) is 154 Å². The van der Waals surface area contributed by atoms with E-state index in [2.05, 4.69) is 6.58 Å². The van der Waals surface area contributed by atoms with Gasteiger partial charge in [0.15, 0.2) is 64.2 Å². The maximum atomic E-state index is 15.5. The van der Waals surface area contributed by atoms with Crippen molar-refractivity contribution in [3.63, 3.8) is 0 Å². The van der Waals surface area contributed by atoms with Crippen LogP contribution >= 0.6 is 34.8 Å². The minimum Gasteiger partial charge on any atom is -0.495 e. The van der Waals surface area contributed by atoms with Gasteiger partial charge in [-0.05, 0) is 192 Å². The van der Waals surface area contributed by atoms with Crippen LogP contribution in [0.3, 0.4) is 0 Å². The first-order valence-electron chi connectivity index (χ1n) is 31.5. The minimum atomic E-state index is -4.19. The molecule has 6 fully saturated rings. The van der Waals surface area contributed by atoms with Gasteiger partial charge in [-0.3, -0.25) is 0 Å². The molecule has 502 valence electrons. The van der Waals surface area contributed by atoms with Crippen molar-refractivity contribution < 1.29 is 80.0 Å². The number of rotatable bonds is 7. The molecule has 6 aliphatic heterocycles. The van der Waals surface area contributed by atoms with Crippen LogP contribution in [0.2, 0.25) is 15.1 Å². The van der Waals surface area contributed by atoms with E-state index in [9.17, 15) is 38.4 Å². The molecule has 3 saturated carbocycles. The van der Waals surface area contributed by atoms with Crippen LogP contribution in [-0.2, 0) is 58.0 Å². The summed E-state index contributed by atoms with van der Waals surface area (Å²) in [7, 11) is -12.4. The second kappa shape index (κ2) is 24.5. The van der Waals surface area contributed by atoms with Crippen LogP contribution in [-0.4, -0.2) is 75.6 Å². The van der Waals surface area contributed by atoms with Crippen LogP contribution in [0.25, 0.3) is 0 Å². The molecule has 94 heavy (non-hydrogen) atoms. The fourth-order valence-corrected chi connectivity index (χ4v) is 25.5. The fourth-order valence-electron chi connectivity index (χ4n) is 18.0. The van der Waals surface area contributed by atoms with Crippen LogP contribution in [0.1, 0.15) is 96.3 Å². The number of halogens is 9. The quantitative estimate of drug-likeness (QED) is 0.140. The second-order valence-corrected chi connectivity index (χ2v) is 34.7. The highest BCUT2D eigenvalue weighted by Gasteiger charge is 2.69. The second-order valence-electron chi connectivity index (χ2n) is 26.8. The van der Waals surface area contributed by atoms with Crippen LogP contribution in [0.4, 0.5) is 26.3 Å². The number of ether oxygens (including phenoxy) is 6. The molecule has 6 aromatic carbocycles. The van der Waals surface area contributed by atoms with Gasteiger partial charge in [-0.2, -0.15) is 0 Å². The van der Waals surface area contributed by atoms with Gasteiger partial charge in [0.05, 0.1) is 81.4 Å². The molecule has 6 heterocycles. The Bertz CT molecular complexity index is 4340. The lowest BCUT2D eigenvalue weighted by atomic mass is 9.61. The van der Waals surface area contributed by atoms with Gasteiger partial charge in [0, 0.05) is 44.7 Å². The SMILES string of the molecule is C=C1O[C@@H]2CC[C@@]3(S(=O)(=O)c4ccc(Cl)cc4)c4c(F)ccc(F)c4OC[C@H]3[C@@H]2[C@H]1C(C)C.CC1C[C@@H]2[C@@H](CC[C@@]3(S(=O)(=O)c4ccc(Cl)cc4)c4c(F)ccc(F)c4OC[C@@H]23)O1.CC1O[C@@H]2CC[C@@]3(S(=O)(=O)c4ccc(Cl)cc4)c4c(F)ccc(F)c4OC[C@H]3[C@@H]2[C@H]1C. The van der Waals surface area contributed by atoms with Crippen LogP contribution in [0.5, 0.6) is 17.2 Å². The van der Waals surface area contributed by atoms with E-state index in [1.807, 2.05) is 34.6 Å². The van der Waals surface area contributed by atoms with Crippen molar-refractivity contribution in [2.24, 2.45) is 53.3 Å². The third-order valence-corrected chi connectivity index (χ3v) is 30.5. The number of hydrogen-bond donors (Lipinski definition) is 0. The molecular formula is C70H69Cl3F6O12S3. The summed E-state index contributed by atoms with van der Waals surface area (Å²) in [6, 6.07) is 23.4. The molecule has 0 spiro atoms. The highest BCUT2D eigenvalue weighted by Crippen LogP contribution is 2.65. The lowest BCUT2D eigenvalue weighted by molar-refractivity contribution is -0.0178. The normalized spacial score (nSPS) is 32.6. The Labute approximate surface area is 558 Å². The Morgan fingerprint density at radius 3 is 1.22 bits per heavy atom. The van der Waals surface area contributed by atoms with E-state index < -0.39 is 96.4 Å². The summed E-state index contributed by atoms with van der Waals surface area (Å²) in [5, 5.41) is 1.18. The van der Waals surface area contributed by atoms with Crippen LogP contribution in [0.15, 0.2) is 136 Å². The zero-order valence-electron chi connectivity index (χ0n) is 51.8. The molecule has 3 aliphatic carbocycles. The van der Waals surface area contributed by atoms with Crippen molar-refractivity contribution in [2.75, 3.05) is 19.8 Å². The number of fused-ring (bicyclic) bond motifs is 15. The number of sulfone groups is 3. The molecular weight excluding hydrogens is 1350 g/mol. The molecule has 16 atom stereocenters. The first-order chi connectivity index (χ1) is 44.5. The molecule has 3 saturated heterocycles. The maximum absolute atomic E-state index is 15.5. The molecule has 24 heteroatoms. The number of hydrogen-bond acceptors (Lipinski definition) is 12. The third kappa shape index (κ3) is 10.2. The van der Waals surface area contributed by atoms with Gasteiger partial charge < -0.3 is 28.4 Å².